The molecule has 1 unspecified atom stereocenters. The molecule has 0 N–H and O–H groups in total. The largest absolute Gasteiger partial charge is 0.768 e. The third-order valence-electron chi connectivity index (χ3n) is 1.29. The van der Waals surface area contributed by atoms with Crippen LogP contribution in [-0.4, -0.2) is 15.0 Å². The molecule has 0 heterocycles. The lowest BCUT2D eigenvalue weighted by atomic mass is 10.2. The lowest BCUT2D eigenvalue weighted by Gasteiger charge is -2.04. The zero-order valence-electron chi connectivity index (χ0n) is 5.82. The smallest absolute Gasteiger partial charge is 0.153 e. The van der Waals surface area contributed by atoms with Gasteiger partial charge in [0.1, 0.15) is 5.82 Å². The van der Waals surface area contributed by atoms with E-state index in [2.05, 4.69) is 0 Å². The molecule has 1 aromatic rings. The highest BCUT2D eigenvalue weighted by Crippen LogP contribution is 2.10. The highest BCUT2D eigenvalue weighted by molar-refractivity contribution is 7.79. The van der Waals surface area contributed by atoms with Crippen LogP contribution in [-0.2, 0) is 11.1 Å². The summed E-state index contributed by atoms with van der Waals surface area (Å²) in [5.74, 6) is -0.723. The van der Waals surface area contributed by atoms with Gasteiger partial charge >= 0.3 is 0 Å². The summed E-state index contributed by atoms with van der Waals surface area (Å²) in [4.78, 5) is 10.1. The standard InChI is InChI=1S/C7H5FO3S/c8-7-2-1-6(12(10)11)3-5(7)4-9/h1-4H,(H,10,11)/p-1. The first kappa shape index (κ1) is 9.02. The SMILES string of the molecule is O=Cc1cc(S(=O)[O-])ccc1F. The normalized spacial score (nSPS) is 12.5. The van der Waals surface area contributed by atoms with Crippen molar-refractivity contribution in [3.05, 3.63) is 29.6 Å². The molecule has 0 bridgehead atoms. The minimum Gasteiger partial charge on any atom is -0.768 e. The first-order valence-electron chi connectivity index (χ1n) is 2.99. The van der Waals surface area contributed by atoms with Crippen molar-refractivity contribution in [3.8, 4) is 0 Å². The summed E-state index contributed by atoms with van der Waals surface area (Å²) in [5.41, 5.74) is -0.253. The van der Waals surface area contributed by atoms with Gasteiger partial charge in [0.15, 0.2) is 6.29 Å². The molecule has 5 heteroatoms. The predicted molar refractivity (Wildman–Crippen MR) is 39.0 cm³/mol. The molecule has 1 aromatic carbocycles. The van der Waals surface area contributed by atoms with Gasteiger partial charge in [-0.1, -0.05) is 0 Å². The maximum atomic E-state index is 12.6. The molecule has 1 rings (SSSR count). The molecule has 0 saturated heterocycles. The quantitative estimate of drug-likeness (QED) is 0.510. The van der Waals surface area contributed by atoms with E-state index < -0.39 is 16.9 Å². The summed E-state index contributed by atoms with van der Waals surface area (Å²) >= 11 is -2.42. The second-order valence-electron chi connectivity index (χ2n) is 2.04. The van der Waals surface area contributed by atoms with Gasteiger partial charge in [-0.25, -0.2) is 4.39 Å². The first-order valence-corrected chi connectivity index (χ1v) is 4.06. The lowest BCUT2D eigenvalue weighted by molar-refractivity contribution is 0.111. The van der Waals surface area contributed by atoms with E-state index in [4.69, 9.17) is 0 Å². The van der Waals surface area contributed by atoms with Crippen molar-refractivity contribution in [3.63, 3.8) is 0 Å². The zero-order chi connectivity index (χ0) is 9.14. The van der Waals surface area contributed by atoms with Gasteiger partial charge in [0.05, 0.1) is 5.56 Å². The van der Waals surface area contributed by atoms with E-state index in [1.165, 1.54) is 0 Å². The van der Waals surface area contributed by atoms with Crippen LogP contribution < -0.4 is 0 Å². The Kier molecular flexibility index (Phi) is 2.67. The maximum Gasteiger partial charge on any atom is 0.153 e. The fraction of sp³-hybridized carbons (Fsp3) is 0. The summed E-state index contributed by atoms with van der Waals surface area (Å²) in [6, 6.07) is 3.01. The molecule has 0 saturated carbocycles. The van der Waals surface area contributed by atoms with Crippen LogP contribution in [0.3, 0.4) is 0 Å². The molecular weight excluding hydrogens is 183 g/mol. The zero-order valence-corrected chi connectivity index (χ0v) is 6.64. The van der Waals surface area contributed by atoms with E-state index in [1.54, 1.807) is 0 Å². The topological polar surface area (TPSA) is 57.2 Å². The van der Waals surface area contributed by atoms with E-state index >= 15 is 0 Å². The van der Waals surface area contributed by atoms with Gasteiger partial charge in [0.2, 0.25) is 0 Å². The minimum atomic E-state index is -2.42. The molecule has 12 heavy (non-hydrogen) atoms. The van der Waals surface area contributed by atoms with E-state index in [0.29, 0.717) is 0 Å². The van der Waals surface area contributed by atoms with Crippen LogP contribution >= 0.6 is 0 Å². The molecule has 0 fully saturated rings. The molecule has 0 amide bonds. The highest BCUT2D eigenvalue weighted by Gasteiger charge is 2.01. The number of hydrogen-bond donors (Lipinski definition) is 0. The van der Waals surface area contributed by atoms with Crippen LogP contribution in [0.25, 0.3) is 0 Å². The van der Waals surface area contributed by atoms with Gasteiger partial charge in [-0.2, -0.15) is 0 Å². The van der Waals surface area contributed by atoms with Gasteiger partial charge in [-0.15, -0.1) is 0 Å². The van der Waals surface area contributed by atoms with Crippen molar-refractivity contribution in [1.29, 1.82) is 0 Å². The summed E-state index contributed by atoms with van der Waals surface area (Å²) < 4.78 is 33.3. The molecule has 1 atom stereocenters. The number of rotatable bonds is 2. The maximum absolute atomic E-state index is 12.6. The van der Waals surface area contributed by atoms with E-state index in [9.17, 15) is 17.9 Å². The van der Waals surface area contributed by atoms with Crippen LogP contribution in [0.1, 0.15) is 10.4 Å². The Morgan fingerprint density at radius 3 is 2.67 bits per heavy atom. The summed E-state index contributed by atoms with van der Waals surface area (Å²) in [6.07, 6.45) is 0.270. The Balaban J connectivity index is 3.22. The average Bonchev–Trinajstić information content (AvgIpc) is 2.05. The third kappa shape index (κ3) is 1.75. The molecule has 3 nitrogen and oxygen atoms in total. The van der Waals surface area contributed by atoms with Crippen molar-refractivity contribution in [2.75, 3.05) is 0 Å². The fourth-order valence-electron chi connectivity index (χ4n) is 0.716. The Morgan fingerprint density at radius 1 is 1.50 bits per heavy atom. The summed E-state index contributed by atoms with van der Waals surface area (Å²) in [5, 5.41) is 0. The number of hydrogen-bond acceptors (Lipinski definition) is 3. The van der Waals surface area contributed by atoms with Crippen LogP contribution in [0.4, 0.5) is 4.39 Å². The van der Waals surface area contributed by atoms with Crippen molar-refractivity contribution >= 4 is 17.4 Å². The van der Waals surface area contributed by atoms with Crippen molar-refractivity contribution < 1.29 is 17.9 Å². The van der Waals surface area contributed by atoms with Crippen molar-refractivity contribution in [2.24, 2.45) is 0 Å². The van der Waals surface area contributed by atoms with Gasteiger partial charge in [0, 0.05) is 4.90 Å². The molecule has 0 aliphatic carbocycles. The minimum absolute atomic E-state index is 0.0986. The van der Waals surface area contributed by atoms with Gasteiger partial charge in [0.25, 0.3) is 0 Å². The fourth-order valence-corrected chi connectivity index (χ4v) is 1.12. The van der Waals surface area contributed by atoms with Crippen LogP contribution in [0.2, 0.25) is 0 Å². The first-order chi connectivity index (χ1) is 5.65. The molecule has 0 radical (unpaired) electrons. The molecule has 0 spiro atoms. The van der Waals surface area contributed by atoms with Crippen LogP contribution in [0.5, 0.6) is 0 Å². The van der Waals surface area contributed by atoms with E-state index in [1.807, 2.05) is 0 Å². The molecule has 0 aromatic heterocycles. The monoisotopic (exact) mass is 187 g/mol. The molecule has 0 aliphatic rings. The highest BCUT2D eigenvalue weighted by atomic mass is 32.2. The number of halogens is 1. The number of carbonyl (C=O) groups is 1. The Hall–Kier alpha value is -1.07. The third-order valence-corrected chi connectivity index (χ3v) is 1.93. The Labute approximate surface area is 70.5 Å². The van der Waals surface area contributed by atoms with Gasteiger partial charge < -0.3 is 4.55 Å². The van der Waals surface area contributed by atoms with Crippen LogP contribution in [0, 0.1) is 5.82 Å². The molecule has 64 valence electrons. The average molecular weight is 187 g/mol. The number of carbonyl (C=O) groups excluding carboxylic acids is 1. The molecular formula is C7H4FO3S-. The van der Waals surface area contributed by atoms with E-state index in [-0.39, 0.29) is 16.7 Å². The Bertz CT molecular complexity index is 337. The summed E-state index contributed by atoms with van der Waals surface area (Å²) in [6.45, 7) is 0. The number of aldehydes is 1. The summed E-state index contributed by atoms with van der Waals surface area (Å²) in [7, 11) is 0. The lowest BCUT2D eigenvalue weighted by Crippen LogP contribution is -1.93. The second kappa shape index (κ2) is 3.55. The van der Waals surface area contributed by atoms with Gasteiger partial charge in [-0.05, 0) is 29.3 Å². The number of benzene rings is 1. The molecule has 0 aliphatic heterocycles. The second-order valence-corrected chi connectivity index (χ2v) is 2.98. The predicted octanol–water partition coefficient (Wildman–Crippen LogP) is 0.876. The van der Waals surface area contributed by atoms with Crippen molar-refractivity contribution in [2.45, 2.75) is 4.90 Å². The van der Waals surface area contributed by atoms with Gasteiger partial charge in [-0.3, -0.25) is 9.00 Å². The van der Waals surface area contributed by atoms with E-state index in [0.717, 1.165) is 18.2 Å². The Morgan fingerprint density at radius 2 is 2.17 bits per heavy atom. The van der Waals surface area contributed by atoms with Crippen molar-refractivity contribution in [1.82, 2.24) is 0 Å². The van der Waals surface area contributed by atoms with Crippen LogP contribution in [0.15, 0.2) is 23.1 Å².